The lowest BCUT2D eigenvalue weighted by Crippen LogP contribution is -2.37. The fraction of sp³-hybridized carbons (Fsp3) is 0.849. The summed E-state index contributed by atoms with van der Waals surface area (Å²) in [6.07, 6.45) is 55.8. The van der Waals surface area contributed by atoms with Crippen LogP contribution in [0.25, 0.3) is 0 Å². The quantitative estimate of drug-likeness (QED) is 0.0190. The Morgan fingerprint density at radius 1 is 0.297 bits per heavy atom. The highest BCUT2D eigenvalue weighted by Gasteiger charge is 2.36. The molecule has 0 aromatic carbocycles. The van der Waals surface area contributed by atoms with Crippen molar-refractivity contribution >= 4 is 82.9 Å². The highest BCUT2D eigenvalue weighted by Crippen LogP contribution is 2.25. The first-order valence-electron chi connectivity index (χ1n) is 46.1. The normalized spacial score (nSPS) is 13.4. The molecule has 2 saturated heterocycles. The van der Waals surface area contributed by atoms with Crippen LogP contribution in [0.1, 0.15) is 475 Å². The van der Waals surface area contributed by atoms with Crippen LogP contribution in [0, 0.1) is 11.8 Å². The number of aliphatic carboxylic acids is 3. The third-order valence-corrected chi connectivity index (χ3v) is 19.7. The predicted molar refractivity (Wildman–Crippen MR) is 461 cm³/mol. The number of hydrogen-bond acceptors (Lipinski definition) is 20. The van der Waals surface area contributed by atoms with Crippen molar-refractivity contribution in [1.82, 2.24) is 10.1 Å². The van der Waals surface area contributed by atoms with Crippen molar-refractivity contribution in [3.05, 3.63) is 0 Å². The summed E-state index contributed by atoms with van der Waals surface area (Å²) < 4.78 is 15.8. The SMILES string of the molecule is CC(C)(C)OC(=O)[C@@H](N)CCC(=O)O.CCCCCCCCCCCCCC(=O)C[C@@H](CCC(=O)O)C(=O)OC(C)(C)C.CCCCCCCCCCCCCC(=O)C[C@@H](CCC(=O)ON1C(=O)CCC1=O)C(=O)OC(C)(C)C.CCCCCCCCCCCCCC(=O)O.CCCCCCCCCCCCCC(=O)ON1C(=O)CCC1=O. The molecule has 0 spiro atoms. The maximum atomic E-state index is 12.7. The number of nitrogens with two attached hydrogens (primary N) is 1. The molecule has 3 atom stereocenters. The second kappa shape index (κ2) is 74.2. The Balaban J connectivity index is -0.00000146. The summed E-state index contributed by atoms with van der Waals surface area (Å²) in [6, 6.07) is -0.856. The molecular formula is C93H167N3O22. The molecule has 4 amide bonds. The number of amides is 4. The molecule has 0 unspecified atom stereocenters. The number of ketones is 2. The molecule has 25 nitrogen and oxygen atoms in total. The van der Waals surface area contributed by atoms with E-state index in [1.807, 2.05) is 0 Å². The molecule has 0 aromatic heterocycles. The van der Waals surface area contributed by atoms with Crippen LogP contribution in [-0.4, -0.2) is 131 Å². The maximum absolute atomic E-state index is 12.7. The highest BCUT2D eigenvalue weighted by molar-refractivity contribution is 6.02. The lowest BCUT2D eigenvalue weighted by Gasteiger charge is -2.23. The molecule has 2 rings (SSSR count). The number of nitrogens with zero attached hydrogens (tertiary/aromatic N) is 2. The molecule has 118 heavy (non-hydrogen) atoms. The zero-order valence-corrected chi connectivity index (χ0v) is 76.2. The van der Waals surface area contributed by atoms with Gasteiger partial charge in [0.15, 0.2) is 0 Å². The standard InChI is InChI=1S/C28H47NO7.C24H44O5.C18H31NO4.C14H28O2.C9H17NO4/c1-5-6-7-8-9-10-11-12-13-14-15-16-23(30)21-22(27(34)35-28(2,3)4)17-20-26(33)36-29-24(31)18-19-25(29)32;1-5-6-7-8-9-10-11-12-13-14-15-16-21(25)19-20(17-18-22(26)27)23(28)29-24(2,3)4;1-2-3-4-5-6-7-8-9-10-11-12-13-18(22)23-19-16(20)14-15-17(19)21;1-2-3-4-5-6-7-8-9-10-11-12-13-14(15)16;1-9(2,3)14-8(13)6(10)4-5-7(11)12/h22H,5-21H2,1-4H3;20H,5-19H2,1-4H3,(H,26,27);2-15H2,1H3;2-13H2,1H3,(H,15,16);6H,4-5,10H2,1-3H3,(H,11,12)/t22-;20-;;;6-/m11..0/s1. The van der Waals surface area contributed by atoms with Gasteiger partial charge in [0, 0.05) is 83.5 Å². The number of esters is 3. The summed E-state index contributed by atoms with van der Waals surface area (Å²) in [6.45, 7) is 24.7. The molecule has 686 valence electrons. The zero-order chi connectivity index (χ0) is 89.4. The van der Waals surface area contributed by atoms with Gasteiger partial charge in [-0.2, -0.15) is 0 Å². The van der Waals surface area contributed by atoms with E-state index in [0.717, 1.165) is 70.6 Å². The predicted octanol–water partition coefficient (Wildman–Crippen LogP) is 22.0. The number of imide groups is 2. The largest absolute Gasteiger partial charge is 0.481 e. The van der Waals surface area contributed by atoms with Crippen LogP contribution in [0.4, 0.5) is 0 Å². The van der Waals surface area contributed by atoms with Gasteiger partial charge in [-0.1, -0.05) is 285 Å². The van der Waals surface area contributed by atoms with Crippen molar-refractivity contribution in [2.75, 3.05) is 0 Å². The summed E-state index contributed by atoms with van der Waals surface area (Å²) in [5.74, 6) is -8.79. The van der Waals surface area contributed by atoms with E-state index in [9.17, 15) is 67.1 Å². The lowest BCUT2D eigenvalue weighted by molar-refractivity contribution is -0.197. The van der Waals surface area contributed by atoms with Gasteiger partial charge in [0.25, 0.3) is 23.6 Å². The summed E-state index contributed by atoms with van der Waals surface area (Å²) in [5.41, 5.74) is 3.49. The smallest absolute Gasteiger partial charge is 0.333 e. The van der Waals surface area contributed by atoms with E-state index >= 15 is 0 Å². The van der Waals surface area contributed by atoms with Crippen molar-refractivity contribution in [2.24, 2.45) is 17.6 Å². The van der Waals surface area contributed by atoms with Crippen LogP contribution >= 0.6 is 0 Å². The molecule has 2 fully saturated rings. The van der Waals surface area contributed by atoms with Gasteiger partial charge in [0.1, 0.15) is 34.4 Å². The van der Waals surface area contributed by atoms with Gasteiger partial charge < -0.3 is 44.9 Å². The number of unbranched alkanes of at least 4 members (excludes halogenated alkanes) is 40. The molecule has 0 bridgehead atoms. The van der Waals surface area contributed by atoms with E-state index < -0.39 is 106 Å². The molecular weight excluding hydrogens is 1510 g/mol. The first-order chi connectivity index (χ1) is 55.8. The van der Waals surface area contributed by atoms with Crippen LogP contribution in [0.3, 0.4) is 0 Å². The third kappa shape index (κ3) is 76.7. The number of hydroxylamine groups is 4. The average molecular weight is 1680 g/mol. The van der Waals surface area contributed by atoms with Crippen LogP contribution in [0.2, 0.25) is 0 Å². The van der Waals surface area contributed by atoms with Crippen LogP contribution in [-0.2, 0) is 91.0 Å². The Bertz CT molecular complexity index is 2720. The van der Waals surface area contributed by atoms with E-state index in [4.69, 9.17) is 44.9 Å². The number of ether oxygens (including phenoxy) is 3. The molecule has 2 heterocycles. The third-order valence-electron chi connectivity index (χ3n) is 19.7. The van der Waals surface area contributed by atoms with Gasteiger partial charge in [-0.3, -0.25) is 57.5 Å². The Hall–Kier alpha value is -6.66. The van der Waals surface area contributed by atoms with Gasteiger partial charge in [-0.15, -0.1) is 10.1 Å². The second-order valence-corrected chi connectivity index (χ2v) is 35.1. The van der Waals surface area contributed by atoms with Gasteiger partial charge in [0.2, 0.25) is 0 Å². The maximum Gasteiger partial charge on any atom is 0.333 e. The number of carbonyl (C=O) groups excluding carboxylic acids is 11. The Kier molecular flexibility index (Phi) is 72.6. The fourth-order valence-corrected chi connectivity index (χ4v) is 13.0. The first kappa shape index (κ1) is 115. The lowest BCUT2D eigenvalue weighted by atomic mass is 9.94. The van der Waals surface area contributed by atoms with Crippen molar-refractivity contribution in [1.29, 1.82) is 0 Å². The van der Waals surface area contributed by atoms with E-state index in [1.54, 1.807) is 62.3 Å². The van der Waals surface area contributed by atoms with E-state index in [1.165, 1.54) is 212 Å². The van der Waals surface area contributed by atoms with E-state index in [-0.39, 0.29) is 95.0 Å². The topological polar surface area (TPSA) is 378 Å². The number of hydrogen-bond donors (Lipinski definition) is 4. The van der Waals surface area contributed by atoms with Crippen LogP contribution in [0.15, 0.2) is 0 Å². The summed E-state index contributed by atoms with van der Waals surface area (Å²) in [4.78, 5) is 172. The van der Waals surface area contributed by atoms with Gasteiger partial charge in [0.05, 0.1) is 11.8 Å². The number of Topliss-reactive ketones (excluding diaryl/α,β-unsaturated/α-hetero) is 2. The minimum Gasteiger partial charge on any atom is -0.481 e. The van der Waals surface area contributed by atoms with Gasteiger partial charge in [-0.05, 0) is 107 Å². The summed E-state index contributed by atoms with van der Waals surface area (Å²) in [7, 11) is 0. The van der Waals surface area contributed by atoms with Crippen LogP contribution in [0.5, 0.6) is 0 Å². The monoisotopic (exact) mass is 1680 g/mol. The molecule has 2 aliphatic heterocycles. The molecule has 2 aliphatic rings. The zero-order valence-electron chi connectivity index (χ0n) is 76.2. The highest BCUT2D eigenvalue weighted by atomic mass is 16.7. The Morgan fingerprint density at radius 2 is 0.508 bits per heavy atom. The first-order valence-corrected chi connectivity index (χ1v) is 46.1. The molecule has 25 heteroatoms. The number of rotatable bonds is 66. The molecule has 0 aliphatic carbocycles. The molecule has 0 aromatic rings. The number of carboxylic acids is 3. The van der Waals surface area contributed by atoms with Crippen LogP contribution < -0.4 is 5.73 Å². The minimum absolute atomic E-state index is 0.00152. The summed E-state index contributed by atoms with van der Waals surface area (Å²) >= 11 is 0. The molecule has 0 radical (unpaired) electrons. The summed E-state index contributed by atoms with van der Waals surface area (Å²) in [5, 5.41) is 26.8. The van der Waals surface area contributed by atoms with Gasteiger partial charge >= 0.3 is 47.8 Å². The van der Waals surface area contributed by atoms with Crippen molar-refractivity contribution in [3.8, 4) is 0 Å². The van der Waals surface area contributed by atoms with Gasteiger partial charge in [-0.25, -0.2) is 9.59 Å². The Morgan fingerprint density at radius 3 is 0.763 bits per heavy atom. The average Bonchev–Trinajstić information content (AvgIpc) is 1.75. The second-order valence-electron chi connectivity index (χ2n) is 35.1. The fourth-order valence-electron chi connectivity index (χ4n) is 13.0. The van der Waals surface area contributed by atoms with Crippen molar-refractivity contribution in [3.63, 3.8) is 0 Å². The number of carboxylic acid groups (broad SMARTS) is 3. The van der Waals surface area contributed by atoms with Crippen molar-refractivity contribution < 1.29 is 106 Å². The minimum atomic E-state index is -0.969. The molecule has 5 N–H and O–H groups in total. The number of carbonyl (C=O) groups is 14. The van der Waals surface area contributed by atoms with E-state index in [2.05, 4.69) is 27.7 Å². The Labute approximate surface area is 711 Å². The van der Waals surface area contributed by atoms with E-state index in [0.29, 0.717) is 29.4 Å². The van der Waals surface area contributed by atoms with Crippen molar-refractivity contribution in [2.45, 2.75) is 498 Å². The molecule has 0 saturated carbocycles.